The van der Waals surface area contributed by atoms with E-state index in [4.69, 9.17) is 24.5 Å². The summed E-state index contributed by atoms with van der Waals surface area (Å²) >= 11 is 7.03. The van der Waals surface area contributed by atoms with Gasteiger partial charge in [0.05, 0.1) is 0 Å². The Labute approximate surface area is 119 Å². The van der Waals surface area contributed by atoms with Crippen molar-refractivity contribution >= 4 is 26.0 Å². The molecule has 3 nitrogen and oxygen atoms in total. The molecule has 0 atom stereocenters. The van der Waals surface area contributed by atoms with Gasteiger partial charge in [-0.05, 0) is 0 Å². The summed E-state index contributed by atoms with van der Waals surface area (Å²) in [6, 6.07) is 0.848. The molecule has 0 saturated heterocycles. The molecule has 0 radical (unpaired) electrons. The summed E-state index contributed by atoms with van der Waals surface area (Å²) in [4.78, 5) is 0. The summed E-state index contributed by atoms with van der Waals surface area (Å²) in [6.07, 6.45) is 5.46. The van der Waals surface area contributed by atoms with Crippen LogP contribution >= 0.6 is 17.2 Å². The molecule has 0 aromatic rings. The van der Waals surface area contributed by atoms with E-state index < -0.39 is 14.8 Å². The summed E-state index contributed by atoms with van der Waals surface area (Å²) in [6.45, 7) is 6.68. The molecule has 0 aromatic heterocycles. The molecule has 0 amide bonds. The van der Waals surface area contributed by atoms with Gasteiger partial charge in [-0.25, -0.2) is 0 Å². The van der Waals surface area contributed by atoms with Crippen molar-refractivity contribution in [2.75, 3.05) is 46.0 Å². The number of halogens is 1. The van der Waals surface area contributed by atoms with Crippen molar-refractivity contribution in [3.05, 3.63) is 0 Å². The van der Waals surface area contributed by atoms with Gasteiger partial charge in [-0.15, -0.1) is 0 Å². The molecular weight excluding hydrogens is 287 g/mol. The third-order valence-electron chi connectivity index (χ3n) is 4.50. The predicted octanol–water partition coefficient (Wildman–Crippen LogP) is 4.02. The van der Waals surface area contributed by atoms with E-state index in [0.29, 0.717) is 0 Å². The average Bonchev–Trinajstić information content (AvgIpc) is 2.44. The van der Waals surface area contributed by atoms with Gasteiger partial charge in [0.15, 0.2) is 0 Å². The third kappa shape index (κ3) is 4.43. The molecule has 0 rings (SSSR count). The van der Waals surface area contributed by atoms with E-state index >= 15 is 0 Å². The van der Waals surface area contributed by atoms with Crippen LogP contribution in [-0.4, -0.2) is 54.8 Å². The summed E-state index contributed by atoms with van der Waals surface area (Å²) in [5.74, 6) is -2.00. The first-order chi connectivity index (χ1) is 8.37. The Morgan fingerprint density at radius 1 is 0.889 bits per heavy atom. The topological polar surface area (TPSA) is 27.7 Å². The molecule has 0 unspecified atom stereocenters. The minimum absolute atomic E-state index is 0.848. The Bertz CT molecular complexity index is 226. The predicted molar refractivity (Wildman–Crippen MR) is 85.5 cm³/mol. The molecule has 112 valence electrons. The zero-order chi connectivity index (χ0) is 14.3. The molecule has 0 spiro atoms. The van der Waals surface area contributed by atoms with Crippen LogP contribution in [-0.2, 0) is 13.3 Å². The monoisotopic (exact) mass is 316 g/mol. The third-order valence-corrected chi connectivity index (χ3v) is 16.2. The molecule has 0 aliphatic rings. The van der Waals surface area contributed by atoms with Gasteiger partial charge < -0.3 is 0 Å². The molecule has 6 heteroatoms. The number of hydrogen-bond acceptors (Lipinski definition) is 3. The quantitative estimate of drug-likeness (QED) is 0.450. The van der Waals surface area contributed by atoms with Gasteiger partial charge >= 0.3 is 118 Å². The molecule has 0 aliphatic heterocycles. The number of rotatable bonds is 10. The van der Waals surface area contributed by atoms with Crippen LogP contribution in [0.4, 0.5) is 0 Å². The first-order valence-electron chi connectivity index (χ1n) is 6.75. The van der Waals surface area contributed by atoms with E-state index in [0.717, 1.165) is 37.1 Å². The fourth-order valence-corrected chi connectivity index (χ4v) is 8.01. The van der Waals surface area contributed by atoms with E-state index in [1.165, 1.54) is 0 Å². The van der Waals surface area contributed by atoms with Crippen molar-refractivity contribution in [1.82, 2.24) is 0 Å². The van der Waals surface area contributed by atoms with Crippen molar-refractivity contribution in [2.45, 2.75) is 33.2 Å². The molecule has 0 bridgehead atoms. The van der Waals surface area contributed by atoms with E-state index in [9.17, 15) is 0 Å². The van der Waals surface area contributed by atoms with Gasteiger partial charge in [-0.1, -0.05) is 0 Å². The van der Waals surface area contributed by atoms with Crippen molar-refractivity contribution in [1.29, 1.82) is 0 Å². The molecule has 0 aliphatic carbocycles. The van der Waals surface area contributed by atoms with Gasteiger partial charge in [0.1, 0.15) is 0 Å². The molecular formula is C12H30ClO3PSi. The zero-order valence-corrected chi connectivity index (χ0v) is 15.4. The Balaban J connectivity index is 4.57. The Morgan fingerprint density at radius 2 is 1.28 bits per heavy atom. The first-order valence-corrected chi connectivity index (χ1v) is 12.6. The van der Waals surface area contributed by atoms with Gasteiger partial charge in [0.2, 0.25) is 0 Å². The molecule has 0 fully saturated rings. The van der Waals surface area contributed by atoms with Crippen LogP contribution < -0.4 is 0 Å². The Hall–Kier alpha value is 0.817. The van der Waals surface area contributed by atoms with Crippen LogP contribution in [0.15, 0.2) is 0 Å². The van der Waals surface area contributed by atoms with Crippen LogP contribution in [0.3, 0.4) is 0 Å². The summed E-state index contributed by atoms with van der Waals surface area (Å²) < 4.78 is 16.4. The van der Waals surface area contributed by atoms with Gasteiger partial charge in [0, 0.05) is 0 Å². The zero-order valence-electron chi connectivity index (χ0n) is 12.8. The second-order valence-electron chi connectivity index (χ2n) is 4.89. The summed E-state index contributed by atoms with van der Waals surface area (Å²) in [5.41, 5.74) is 0. The van der Waals surface area contributed by atoms with Gasteiger partial charge in [0.25, 0.3) is 0 Å². The molecule has 0 saturated carbocycles. The van der Waals surface area contributed by atoms with Gasteiger partial charge in [-0.3, -0.25) is 0 Å². The van der Waals surface area contributed by atoms with Crippen LogP contribution in [0.25, 0.3) is 0 Å². The first kappa shape index (κ1) is 18.8. The summed E-state index contributed by atoms with van der Waals surface area (Å²) in [5, 5.41) is 0. The van der Waals surface area contributed by atoms with Crippen molar-refractivity contribution in [3.63, 3.8) is 0 Å². The minimum atomic E-state index is -2.43. The normalized spacial score (nSPS) is 15.4. The second-order valence-corrected chi connectivity index (χ2v) is 16.8. The Morgan fingerprint density at radius 3 is 1.56 bits per heavy atom. The maximum absolute atomic E-state index is 7.03. The van der Waals surface area contributed by atoms with E-state index in [-0.39, 0.29) is 0 Å². The Kier molecular flexibility index (Phi) is 7.90. The number of hydrogen-bond donors (Lipinski definition) is 0. The van der Waals surface area contributed by atoms with Crippen LogP contribution in [0.2, 0.25) is 6.04 Å². The second kappa shape index (κ2) is 7.56. The molecule has 0 N–H and O–H groups in total. The van der Waals surface area contributed by atoms with Gasteiger partial charge in [-0.2, -0.15) is 0 Å². The standard InChI is InChI=1S/C12H30ClO3PSi/c1-7-17(13,8-2,9-3)11-10-12-18(14-4,15-5)16-6/h7-12H2,1-6H3. The molecule has 0 heterocycles. The van der Waals surface area contributed by atoms with Crippen molar-refractivity contribution in [3.8, 4) is 0 Å². The van der Waals surface area contributed by atoms with Crippen LogP contribution in [0, 0.1) is 0 Å². The average molecular weight is 317 g/mol. The SMILES string of the molecule is CCP(Cl)(CC)(CC)CCC[Si](OC)(OC)OC. The fourth-order valence-electron chi connectivity index (χ4n) is 2.39. The molecule has 0 aromatic carbocycles. The van der Waals surface area contributed by atoms with Crippen molar-refractivity contribution < 1.29 is 13.3 Å². The molecule has 18 heavy (non-hydrogen) atoms. The summed E-state index contributed by atoms with van der Waals surface area (Å²) in [7, 11) is 2.57. The van der Waals surface area contributed by atoms with E-state index in [1.807, 2.05) is 0 Å². The maximum atomic E-state index is 7.03. The fraction of sp³-hybridized carbons (Fsp3) is 1.00. The van der Waals surface area contributed by atoms with E-state index in [1.54, 1.807) is 21.3 Å². The van der Waals surface area contributed by atoms with Crippen molar-refractivity contribution in [2.24, 2.45) is 0 Å². The van der Waals surface area contributed by atoms with Crippen LogP contribution in [0.1, 0.15) is 27.2 Å². The van der Waals surface area contributed by atoms with E-state index in [2.05, 4.69) is 20.8 Å². The van der Waals surface area contributed by atoms with Crippen LogP contribution in [0.5, 0.6) is 0 Å².